The number of carbonyl (C=O) groups excluding carboxylic acids is 3. The van der Waals surface area contributed by atoms with Crippen molar-refractivity contribution in [3.8, 4) is 5.75 Å². The zero-order valence-corrected chi connectivity index (χ0v) is 23.8. The van der Waals surface area contributed by atoms with Gasteiger partial charge in [-0.25, -0.2) is 9.78 Å². The fourth-order valence-corrected chi connectivity index (χ4v) is 6.27. The van der Waals surface area contributed by atoms with E-state index >= 15 is 0 Å². The zero-order valence-electron chi connectivity index (χ0n) is 23.0. The van der Waals surface area contributed by atoms with Crippen LogP contribution in [0.3, 0.4) is 0 Å². The lowest BCUT2D eigenvalue weighted by Gasteiger charge is -2.49. The number of carbonyl (C=O) groups is 4. The summed E-state index contributed by atoms with van der Waals surface area (Å²) in [7, 11) is 0. The van der Waals surface area contributed by atoms with E-state index in [2.05, 4.69) is 20.6 Å². The van der Waals surface area contributed by atoms with E-state index in [1.165, 1.54) is 16.7 Å². The van der Waals surface area contributed by atoms with Crippen LogP contribution < -0.4 is 10.6 Å². The number of aromatic amines is 1. The number of aromatic hydroxyl groups is 1. The Hall–Kier alpha value is -5.04. The Bertz CT molecular complexity index is 1540. The van der Waals surface area contributed by atoms with Crippen LogP contribution in [0.4, 0.5) is 5.69 Å². The monoisotopic (exact) mass is 602 g/mol. The highest BCUT2D eigenvalue weighted by molar-refractivity contribution is 8.00. The Labute approximate surface area is 251 Å². The fourth-order valence-electron chi connectivity index (χ4n) is 4.97. The Balaban J connectivity index is 0.000000668. The quantitative estimate of drug-likeness (QED) is 0.192. The van der Waals surface area contributed by atoms with Crippen LogP contribution in [0.25, 0.3) is 0 Å². The van der Waals surface area contributed by atoms with Crippen LogP contribution in [-0.4, -0.2) is 83.9 Å². The second-order valence-corrected chi connectivity index (χ2v) is 11.0. The molecule has 43 heavy (non-hydrogen) atoms. The van der Waals surface area contributed by atoms with Gasteiger partial charge in [0.1, 0.15) is 22.9 Å². The van der Waals surface area contributed by atoms with Crippen molar-refractivity contribution in [1.29, 1.82) is 0 Å². The van der Waals surface area contributed by atoms with Gasteiger partial charge in [0, 0.05) is 42.5 Å². The number of para-hydroxylation sites is 1. The number of fused-ring (bicyclic) bond motifs is 1. The number of benzene rings is 2. The summed E-state index contributed by atoms with van der Waals surface area (Å²) < 4.78 is 0. The molecule has 0 unspecified atom stereocenters. The Morgan fingerprint density at radius 1 is 1.14 bits per heavy atom. The number of nitrogens with one attached hydrogen (secondary N) is 3. The highest BCUT2D eigenvalue weighted by atomic mass is 32.2. The molecule has 2 atom stereocenters. The van der Waals surface area contributed by atoms with E-state index in [-0.39, 0.29) is 35.6 Å². The molecule has 4 heterocycles. The molecule has 2 aromatic carbocycles. The summed E-state index contributed by atoms with van der Waals surface area (Å²) in [5.74, 6) is -1.92. The van der Waals surface area contributed by atoms with E-state index in [0.717, 1.165) is 11.3 Å². The first kappa shape index (κ1) is 29.5. The zero-order chi connectivity index (χ0) is 30.3. The van der Waals surface area contributed by atoms with Gasteiger partial charge in [-0.05, 0) is 47.9 Å². The third-order valence-electron chi connectivity index (χ3n) is 7.00. The SMILES string of the molecule is O=C(CNc1ccccc1)N[C@@H]1C(=O)N2C(C(=O)O)=C(/C=C3\CCN(Cc4cccc(O)c4)C3=O)CS[C@H]12.c1c[nH]cn1. The average molecular weight is 603 g/mol. The maximum atomic E-state index is 13.0. The second-order valence-electron chi connectivity index (χ2n) is 9.93. The number of anilines is 1. The van der Waals surface area contributed by atoms with E-state index in [4.69, 9.17) is 0 Å². The molecule has 0 spiro atoms. The first-order valence-electron chi connectivity index (χ1n) is 13.5. The van der Waals surface area contributed by atoms with Crippen molar-refractivity contribution in [2.24, 2.45) is 0 Å². The summed E-state index contributed by atoms with van der Waals surface area (Å²) in [4.78, 5) is 59.8. The van der Waals surface area contributed by atoms with Crippen LogP contribution >= 0.6 is 11.8 Å². The summed E-state index contributed by atoms with van der Waals surface area (Å²) in [5, 5.41) is 24.8. The van der Waals surface area contributed by atoms with Crippen molar-refractivity contribution in [3.05, 3.63) is 102 Å². The van der Waals surface area contributed by atoms with Crippen LogP contribution in [0, 0.1) is 0 Å². The number of H-pyrrole nitrogens is 1. The summed E-state index contributed by atoms with van der Waals surface area (Å²) in [5.41, 5.74) is 2.28. The number of phenolic OH excluding ortho intramolecular Hbond substituents is 1. The van der Waals surface area contributed by atoms with Gasteiger partial charge in [-0.1, -0.05) is 30.3 Å². The van der Waals surface area contributed by atoms with Crippen LogP contribution in [-0.2, 0) is 25.7 Å². The molecule has 12 nitrogen and oxygen atoms in total. The second kappa shape index (κ2) is 13.3. The number of nitrogens with zero attached hydrogens (tertiary/aromatic N) is 3. The Kier molecular flexibility index (Phi) is 9.11. The van der Waals surface area contributed by atoms with Crippen LogP contribution in [0.1, 0.15) is 12.0 Å². The lowest BCUT2D eigenvalue weighted by molar-refractivity contribution is -0.150. The number of hydrogen-bond acceptors (Lipinski definition) is 8. The van der Waals surface area contributed by atoms with Crippen molar-refractivity contribution < 1.29 is 29.4 Å². The number of allylic oxidation sites excluding steroid dienone is 1. The molecule has 5 N–H and O–H groups in total. The summed E-state index contributed by atoms with van der Waals surface area (Å²) >= 11 is 1.35. The normalized spacial score (nSPS) is 20.2. The number of aliphatic carboxylic acids is 1. The molecule has 0 aliphatic carbocycles. The van der Waals surface area contributed by atoms with Crippen LogP contribution in [0.15, 0.2) is 96.2 Å². The largest absolute Gasteiger partial charge is 0.508 e. The number of likely N-dealkylation sites (tertiary alicyclic amines) is 1. The minimum absolute atomic E-state index is 0.0225. The van der Waals surface area contributed by atoms with E-state index in [1.807, 2.05) is 36.4 Å². The summed E-state index contributed by atoms with van der Waals surface area (Å²) in [6.07, 6.45) is 7.11. The number of aromatic nitrogens is 2. The van der Waals surface area contributed by atoms with Crippen molar-refractivity contribution in [2.75, 3.05) is 24.2 Å². The topological polar surface area (TPSA) is 168 Å². The molecular weight excluding hydrogens is 572 g/mol. The van der Waals surface area contributed by atoms with Crippen molar-refractivity contribution in [1.82, 2.24) is 25.1 Å². The van der Waals surface area contributed by atoms with Crippen molar-refractivity contribution in [3.63, 3.8) is 0 Å². The number of phenols is 1. The summed E-state index contributed by atoms with van der Waals surface area (Å²) in [6.45, 7) is 0.780. The van der Waals surface area contributed by atoms with Crippen LogP contribution in [0.5, 0.6) is 5.75 Å². The molecule has 2 fully saturated rings. The lowest BCUT2D eigenvalue weighted by Crippen LogP contribution is -2.70. The Morgan fingerprint density at radius 3 is 2.63 bits per heavy atom. The van der Waals surface area contributed by atoms with E-state index < -0.39 is 23.3 Å². The summed E-state index contributed by atoms with van der Waals surface area (Å²) in [6, 6.07) is 15.0. The predicted molar refractivity (Wildman–Crippen MR) is 159 cm³/mol. The minimum atomic E-state index is -1.26. The van der Waals surface area contributed by atoms with Gasteiger partial charge in [0.05, 0.1) is 12.9 Å². The fraction of sp³-hybridized carbons (Fsp3) is 0.233. The molecule has 3 aromatic rings. The molecule has 3 amide bonds. The molecule has 3 aliphatic heterocycles. The molecule has 3 aliphatic rings. The maximum absolute atomic E-state index is 13.0. The molecule has 13 heteroatoms. The van der Waals surface area contributed by atoms with Crippen molar-refractivity contribution >= 4 is 41.1 Å². The van der Waals surface area contributed by atoms with Gasteiger partial charge in [0.2, 0.25) is 11.8 Å². The number of rotatable bonds is 8. The lowest BCUT2D eigenvalue weighted by atomic mass is 10.0. The molecule has 1 aromatic heterocycles. The number of carboxylic acids is 1. The van der Waals surface area contributed by atoms with Gasteiger partial charge in [0.25, 0.3) is 5.91 Å². The highest BCUT2D eigenvalue weighted by Crippen LogP contribution is 2.41. The number of amides is 3. The average Bonchev–Trinajstić information content (AvgIpc) is 3.70. The van der Waals surface area contributed by atoms with Gasteiger partial charge in [-0.2, -0.15) is 0 Å². The molecule has 222 valence electrons. The number of imidazole rings is 1. The molecular formula is C30H30N6O6S. The first-order chi connectivity index (χ1) is 20.8. The molecule has 0 saturated carbocycles. The first-order valence-corrected chi connectivity index (χ1v) is 14.6. The van der Waals surface area contributed by atoms with E-state index in [0.29, 0.717) is 30.7 Å². The molecule has 2 saturated heterocycles. The highest BCUT2D eigenvalue weighted by Gasteiger charge is 2.54. The van der Waals surface area contributed by atoms with E-state index in [9.17, 15) is 29.4 Å². The van der Waals surface area contributed by atoms with E-state index in [1.54, 1.807) is 47.9 Å². The molecule has 0 radical (unpaired) electrons. The van der Waals surface area contributed by atoms with Gasteiger partial charge in [-0.3, -0.25) is 19.3 Å². The molecule has 6 rings (SSSR count). The number of hydrogen-bond donors (Lipinski definition) is 5. The third kappa shape index (κ3) is 6.89. The third-order valence-corrected chi connectivity index (χ3v) is 8.30. The molecule has 0 bridgehead atoms. The van der Waals surface area contributed by atoms with Crippen LogP contribution in [0.2, 0.25) is 0 Å². The minimum Gasteiger partial charge on any atom is -0.508 e. The van der Waals surface area contributed by atoms with Crippen molar-refractivity contribution in [2.45, 2.75) is 24.4 Å². The maximum Gasteiger partial charge on any atom is 0.352 e. The van der Waals surface area contributed by atoms with Gasteiger partial charge in [0.15, 0.2) is 0 Å². The smallest absolute Gasteiger partial charge is 0.352 e. The van der Waals surface area contributed by atoms with Gasteiger partial charge < -0.3 is 30.7 Å². The number of thioether (sulfide) groups is 1. The van der Waals surface area contributed by atoms with Gasteiger partial charge >= 0.3 is 5.97 Å². The number of β-lactam (4-membered cyclic amide) rings is 1. The standard InChI is InChI=1S/C27H26N4O6S.C3H4N2/c32-20-8-4-5-16(11-20)14-30-10-9-17(24(30)34)12-18-15-38-26-22(25(35)31(26)23(18)27(36)37)29-21(33)13-28-19-6-2-1-3-7-19;1-2-5-3-4-1/h1-8,11-12,22,26,28,32H,9-10,13-15H2,(H,29,33)(H,36,37);1-3H,(H,4,5)/b17-12+;/t22-,26-;/m1./s1. The van der Waals surface area contributed by atoms with Gasteiger partial charge in [-0.15, -0.1) is 11.8 Å². The number of carboxylic acid groups (broad SMARTS) is 1. The predicted octanol–water partition coefficient (Wildman–Crippen LogP) is 2.31. The Morgan fingerprint density at radius 2 is 1.95 bits per heavy atom.